The number of hydrogen-bond acceptors (Lipinski definition) is 4. The molecule has 0 unspecified atom stereocenters. The van der Waals surface area contributed by atoms with E-state index in [0.29, 0.717) is 12.4 Å². The van der Waals surface area contributed by atoms with Crippen molar-refractivity contribution in [2.45, 2.75) is 39.7 Å². The fourth-order valence-electron chi connectivity index (χ4n) is 3.33. The van der Waals surface area contributed by atoms with Crippen LogP contribution >= 0.6 is 0 Å². The van der Waals surface area contributed by atoms with E-state index in [2.05, 4.69) is 26.1 Å². The summed E-state index contributed by atoms with van der Waals surface area (Å²) in [6, 6.07) is 19.4. The lowest BCUT2D eigenvalue weighted by Crippen LogP contribution is -2.39. The van der Waals surface area contributed by atoms with Gasteiger partial charge in [-0.3, -0.25) is 9.59 Å². The van der Waals surface area contributed by atoms with Gasteiger partial charge in [0.05, 0.1) is 11.4 Å². The van der Waals surface area contributed by atoms with Gasteiger partial charge in [-0.25, -0.2) is 4.68 Å². The fourth-order valence-corrected chi connectivity index (χ4v) is 3.33. The number of aromatic nitrogens is 2. The minimum Gasteiger partial charge on any atom is -0.375 e. The Balaban J connectivity index is 1.84. The van der Waals surface area contributed by atoms with Crippen LogP contribution in [0.5, 0.6) is 0 Å². The molecule has 1 heterocycles. The SMILES string of the molecule is COCC(=O)N(CC(=O)Nc1cc(C(C)(C)C)nn1-c1ccc(C)cc1)Cc1ccccc1. The van der Waals surface area contributed by atoms with Crippen molar-refractivity contribution < 1.29 is 14.3 Å². The molecule has 7 nitrogen and oxygen atoms in total. The Morgan fingerprint density at radius 3 is 2.33 bits per heavy atom. The third-order valence-corrected chi connectivity index (χ3v) is 5.20. The molecule has 0 aliphatic heterocycles. The molecule has 2 amide bonds. The number of nitrogens with one attached hydrogen (secondary N) is 1. The molecular weight excluding hydrogens is 416 g/mol. The van der Waals surface area contributed by atoms with E-state index in [1.54, 1.807) is 4.68 Å². The Kier molecular flexibility index (Phi) is 7.66. The summed E-state index contributed by atoms with van der Waals surface area (Å²) >= 11 is 0. The van der Waals surface area contributed by atoms with Gasteiger partial charge in [-0.2, -0.15) is 5.10 Å². The first-order chi connectivity index (χ1) is 15.7. The van der Waals surface area contributed by atoms with Gasteiger partial charge in [0.15, 0.2) is 0 Å². The largest absolute Gasteiger partial charge is 0.375 e. The van der Waals surface area contributed by atoms with E-state index in [4.69, 9.17) is 9.84 Å². The van der Waals surface area contributed by atoms with Crippen LogP contribution in [0.2, 0.25) is 0 Å². The molecule has 0 bridgehead atoms. The van der Waals surface area contributed by atoms with Crippen molar-refractivity contribution in [2.75, 3.05) is 25.6 Å². The Labute approximate surface area is 195 Å². The number of carbonyl (C=O) groups is 2. The van der Waals surface area contributed by atoms with Crippen LogP contribution in [0, 0.1) is 6.92 Å². The highest BCUT2D eigenvalue weighted by molar-refractivity contribution is 5.94. The number of anilines is 1. The molecule has 0 aliphatic carbocycles. The van der Waals surface area contributed by atoms with Gasteiger partial charge >= 0.3 is 0 Å². The van der Waals surface area contributed by atoms with Gasteiger partial charge in [0.2, 0.25) is 11.8 Å². The number of ether oxygens (including phenoxy) is 1. The molecule has 33 heavy (non-hydrogen) atoms. The van der Waals surface area contributed by atoms with Crippen molar-refractivity contribution in [2.24, 2.45) is 0 Å². The average molecular weight is 449 g/mol. The van der Waals surface area contributed by atoms with Crippen molar-refractivity contribution in [3.8, 4) is 5.69 Å². The molecule has 2 aromatic carbocycles. The summed E-state index contributed by atoms with van der Waals surface area (Å²) in [5.74, 6) is 0.00987. The van der Waals surface area contributed by atoms with Crippen LogP contribution in [-0.2, 0) is 26.3 Å². The molecule has 0 spiro atoms. The van der Waals surface area contributed by atoms with Crippen molar-refractivity contribution in [1.82, 2.24) is 14.7 Å². The molecule has 0 atom stereocenters. The first kappa shape index (κ1) is 24.2. The summed E-state index contributed by atoms with van der Waals surface area (Å²) in [4.78, 5) is 27.1. The molecule has 3 rings (SSSR count). The topological polar surface area (TPSA) is 76.5 Å². The first-order valence-corrected chi connectivity index (χ1v) is 11.0. The second-order valence-corrected chi connectivity index (χ2v) is 9.13. The summed E-state index contributed by atoms with van der Waals surface area (Å²) in [5, 5.41) is 7.70. The Hall–Kier alpha value is -3.45. The molecule has 1 N–H and O–H groups in total. The Morgan fingerprint density at radius 2 is 1.73 bits per heavy atom. The predicted molar refractivity (Wildman–Crippen MR) is 129 cm³/mol. The van der Waals surface area contributed by atoms with Crippen LogP contribution in [0.1, 0.15) is 37.6 Å². The number of benzene rings is 2. The molecule has 0 saturated carbocycles. The van der Waals surface area contributed by atoms with Crippen molar-refractivity contribution in [3.63, 3.8) is 0 Å². The standard InChI is InChI=1S/C26H32N4O3/c1-19-11-13-21(14-12-19)30-23(15-22(28-30)26(2,3)4)27-24(31)17-29(25(32)18-33-5)16-20-9-7-6-8-10-20/h6-15H,16-18H2,1-5H3,(H,27,31). The van der Waals surface area contributed by atoms with Crippen LogP contribution in [0.3, 0.4) is 0 Å². The Morgan fingerprint density at radius 1 is 1.06 bits per heavy atom. The summed E-state index contributed by atoms with van der Waals surface area (Å²) in [5.41, 5.74) is 3.59. The van der Waals surface area contributed by atoms with E-state index in [1.807, 2.05) is 67.6 Å². The van der Waals surface area contributed by atoms with Crippen LogP contribution in [-0.4, -0.2) is 46.8 Å². The Bertz CT molecular complexity index is 1080. The van der Waals surface area contributed by atoms with E-state index in [0.717, 1.165) is 22.5 Å². The van der Waals surface area contributed by atoms with E-state index in [1.165, 1.54) is 12.0 Å². The molecule has 0 fully saturated rings. The third-order valence-electron chi connectivity index (χ3n) is 5.20. The molecule has 3 aromatic rings. The van der Waals surface area contributed by atoms with Gasteiger partial charge in [0.25, 0.3) is 0 Å². The number of carbonyl (C=O) groups excluding carboxylic acids is 2. The van der Waals surface area contributed by atoms with E-state index < -0.39 is 0 Å². The van der Waals surface area contributed by atoms with Crippen molar-refractivity contribution in [3.05, 3.63) is 77.5 Å². The number of methoxy groups -OCH3 is 1. The van der Waals surface area contributed by atoms with E-state index in [9.17, 15) is 9.59 Å². The molecule has 174 valence electrons. The quantitative estimate of drug-likeness (QED) is 0.563. The lowest BCUT2D eigenvalue weighted by molar-refractivity contribution is -0.138. The normalized spacial score (nSPS) is 11.3. The zero-order chi connectivity index (χ0) is 24.0. The molecule has 1 aromatic heterocycles. The first-order valence-electron chi connectivity index (χ1n) is 11.0. The van der Waals surface area contributed by atoms with Gasteiger partial charge in [0, 0.05) is 25.1 Å². The maximum atomic E-state index is 13.0. The second-order valence-electron chi connectivity index (χ2n) is 9.13. The number of aryl methyl sites for hydroxylation is 1. The lowest BCUT2D eigenvalue weighted by atomic mass is 9.92. The summed E-state index contributed by atoms with van der Waals surface area (Å²) < 4.78 is 6.75. The molecule has 7 heteroatoms. The second kappa shape index (κ2) is 10.4. The van der Waals surface area contributed by atoms with Crippen molar-refractivity contribution >= 4 is 17.6 Å². The predicted octanol–water partition coefficient (Wildman–Crippen LogP) is 4.09. The monoisotopic (exact) mass is 448 g/mol. The van der Waals surface area contributed by atoms with Crippen LogP contribution in [0.25, 0.3) is 5.69 Å². The highest BCUT2D eigenvalue weighted by atomic mass is 16.5. The number of nitrogens with zero attached hydrogens (tertiary/aromatic N) is 3. The third kappa shape index (κ3) is 6.52. The molecular formula is C26H32N4O3. The van der Waals surface area contributed by atoms with Gasteiger partial charge in [-0.1, -0.05) is 68.8 Å². The summed E-state index contributed by atoms with van der Waals surface area (Å²) in [7, 11) is 1.47. The molecule has 0 radical (unpaired) electrons. The number of amides is 2. The minimum atomic E-state index is -0.302. The van der Waals surface area contributed by atoms with Gasteiger partial charge in [-0.05, 0) is 24.6 Å². The van der Waals surface area contributed by atoms with Crippen LogP contribution in [0.15, 0.2) is 60.7 Å². The van der Waals surface area contributed by atoms with E-state index >= 15 is 0 Å². The van der Waals surface area contributed by atoms with Gasteiger partial charge in [-0.15, -0.1) is 0 Å². The van der Waals surface area contributed by atoms with Crippen molar-refractivity contribution in [1.29, 1.82) is 0 Å². The van der Waals surface area contributed by atoms with Crippen LogP contribution in [0.4, 0.5) is 5.82 Å². The lowest BCUT2D eigenvalue weighted by Gasteiger charge is -2.22. The minimum absolute atomic E-state index is 0.0877. The summed E-state index contributed by atoms with van der Waals surface area (Å²) in [6.07, 6.45) is 0. The molecule has 0 aliphatic rings. The highest BCUT2D eigenvalue weighted by Gasteiger charge is 2.23. The molecule has 0 saturated heterocycles. The van der Waals surface area contributed by atoms with Gasteiger partial charge < -0.3 is 15.0 Å². The zero-order valence-corrected chi connectivity index (χ0v) is 20.0. The smallest absolute Gasteiger partial charge is 0.249 e. The highest BCUT2D eigenvalue weighted by Crippen LogP contribution is 2.26. The van der Waals surface area contributed by atoms with Gasteiger partial charge in [0.1, 0.15) is 19.0 Å². The maximum absolute atomic E-state index is 13.0. The van der Waals surface area contributed by atoms with E-state index in [-0.39, 0.29) is 30.4 Å². The average Bonchev–Trinajstić information content (AvgIpc) is 3.19. The maximum Gasteiger partial charge on any atom is 0.249 e. The zero-order valence-electron chi connectivity index (χ0n) is 20.0. The fraction of sp³-hybridized carbons (Fsp3) is 0.346. The number of rotatable bonds is 8. The number of hydrogen-bond donors (Lipinski definition) is 1. The van der Waals surface area contributed by atoms with Crippen LogP contribution < -0.4 is 5.32 Å². The summed E-state index contributed by atoms with van der Waals surface area (Å²) in [6.45, 7) is 8.38.